The van der Waals surface area contributed by atoms with E-state index in [1.54, 1.807) is 18.2 Å². The lowest BCUT2D eigenvalue weighted by Gasteiger charge is -2.09. The first-order valence-electron chi connectivity index (χ1n) is 4.42. The van der Waals surface area contributed by atoms with Crippen LogP contribution in [0.3, 0.4) is 0 Å². The second-order valence-electron chi connectivity index (χ2n) is 3.10. The van der Waals surface area contributed by atoms with Crippen molar-refractivity contribution in [3.05, 3.63) is 29.8 Å². The third kappa shape index (κ3) is 4.47. The molecule has 0 amide bonds. The largest absolute Gasteiger partial charge is 0.508 e. The maximum atomic E-state index is 11.2. The van der Waals surface area contributed by atoms with Crippen LogP contribution in [0.2, 0.25) is 0 Å². The third-order valence-electron chi connectivity index (χ3n) is 1.88. The van der Waals surface area contributed by atoms with Gasteiger partial charge < -0.3 is 14.9 Å². The fraction of sp³-hybridized carbons (Fsp3) is 0.250. The monoisotopic (exact) mass is 266 g/mol. The molecule has 0 saturated carbocycles. The summed E-state index contributed by atoms with van der Waals surface area (Å²) in [5.74, 6) is 0.0131. The summed E-state index contributed by atoms with van der Waals surface area (Å²) in [7, 11) is -7.49. The summed E-state index contributed by atoms with van der Waals surface area (Å²) in [6.07, 6.45) is -0.225. The second-order valence-corrected chi connectivity index (χ2v) is 6.08. The lowest BCUT2D eigenvalue weighted by Crippen LogP contribution is -1.95. The number of hydrogen-bond acceptors (Lipinski definition) is 4. The average molecular weight is 266 g/mol. The summed E-state index contributed by atoms with van der Waals surface area (Å²) in [5.41, 5.74) is 0.484. The molecule has 0 aliphatic carbocycles. The highest BCUT2D eigenvalue weighted by Gasteiger charge is 2.22. The first-order valence-corrected chi connectivity index (χ1v) is 7.44. The summed E-state index contributed by atoms with van der Waals surface area (Å²) in [4.78, 5) is 17.5. The normalized spacial score (nSPS) is 16.6. The second kappa shape index (κ2) is 5.62. The van der Waals surface area contributed by atoms with E-state index >= 15 is 0 Å². The lowest BCUT2D eigenvalue weighted by molar-refractivity contribution is 0.350. The van der Waals surface area contributed by atoms with Crippen molar-refractivity contribution in [2.24, 2.45) is 0 Å². The van der Waals surface area contributed by atoms with Crippen LogP contribution in [-0.4, -0.2) is 21.1 Å². The lowest BCUT2D eigenvalue weighted by atomic mass is 10.1. The van der Waals surface area contributed by atoms with E-state index in [0.29, 0.717) is 5.56 Å². The topological polar surface area (TPSA) is 104 Å². The Balaban J connectivity index is 2.61. The number of aromatic hydroxyl groups is 1. The Hall–Kier alpha value is -0.640. The van der Waals surface area contributed by atoms with Crippen LogP contribution in [0.4, 0.5) is 0 Å². The van der Waals surface area contributed by atoms with Crippen LogP contribution in [0.25, 0.3) is 0 Å². The van der Waals surface area contributed by atoms with Crippen LogP contribution in [0.15, 0.2) is 24.3 Å². The van der Waals surface area contributed by atoms with Crippen LogP contribution >= 0.6 is 15.9 Å². The van der Waals surface area contributed by atoms with Gasteiger partial charge in [-0.15, -0.1) is 0 Å². The molecular formula is C8H12O6P2. The van der Waals surface area contributed by atoms with Gasteiger partial charge in [0, 0.05) is 0 Å². The molecule has 0 fully saturated rings. The molecule has 1 rings (SSSR count). The molecule has 0 heterocycles. The summed E-state index contributed by atoms with van der Waals surface area (Å²) in [6, 6.07) is 6.35. The van der Waals surface area contributed by atoms with Gasteiger partial charge in [-0.2, -0.15) is 0 Å². The van der Waals surface area contributed by atoms with Crippen molar-refractivity contribution in [1.29, 1.82) is 0 Å². The van der Waals surface area contributed by atoms with Crippen molar-refractivity contribution >= 4 is 15.9 Å². The van der Waals surface area contributed by atoms with E-state index in [-0.39, 0.29) is 18.3 Å². The third-order valence-corrected chi connectivity index (χ3v) is 4.43. The zero-order chi connectivity index (χ0) is 12.2. The summed E-state index contributed by atoms with van der Waals surface area (Å²) >= 11 is 0. The van der Waals surface area contributed by atoms with Crippen LogP contribution in [0.5, 0.6) is 5.75 Å². The van der Waals surface area contributed by atoms with Gasteiger partial charge >= 0.3 is 15.9 Å². The van der Waals surface area contributed by atoms with E-state index in [4.69, 9.17) is 9.79 Å². The molecule has 2 unspecified atom stereocenters. The Morgan fingerprint density at radius 2 is 2.00 bits per heavy atom. The summed E-state index contributed by atoms with van der Waals surface area (Å²) in [6.45, 7) is 0. The highest BCUT2D eigenvalue weighted by atomic mass is 31.2. The predicted octanol–water partition coefficient (Wildman–Crippen LogP) is 1.52. The highest BCUT2D eigenvalue weighted by molar-refractivity contribution is 7.59. The molecule has 0 aliphatic heterocycles. The minimum atomic E-state index is -4.06. The number of phenols is 1. The Morgan fingerprint density at radius 1 is 1.38 bits per heavy atom. The van der Waals surface area contributed by atoms with Crippen LogP contribution < -0.4 is 0 Å². The molecule has 0 saturated heterocycles. The SMILES string of the molecule is O=[PH](O)OP(=O)(O)CCc1ccccc1O. The van der Waals surface area contributed by atoms with Gasteiger partial charge in [0.1, 0.15) is 5.75 Å². The van der Waals surface area contributed by atoms with Crippen molar-refractivity contribution in [1.82, 2.24) is 0 Å². The van der Waals surface area contributed by atoms with E-state index in [2.05, 4.69) is 4.31 Å². The van der Waals surface area contributed by atoms with E-state index in [1.807, 2.05) is 0 Å². The number of hydrogen-bond donors (Lipinski definition) is 3. The molecule has 0 radical (unpaired) electrons. The Kier molecular flexibility index (Phi) is 4.71. The number of para-hydroxylation sites is 1. The molecule has 0 spiro atoms. The van der Waals surface area contributed by atoms with Gasteiger partial charge in [0.05, 0.1) is 6.16 Å². The Labute approximate surface area is 93.0 Å². The molecule has 2 atom stereocenters. The average Bonchev–Trinajstić information content (AvgIpc) is 2.14. The van der Waals surface area contributed by atoms with Crippen molar-refractivity contribution in [3.8, 4) is 5.75 Å². The Morgan fingerprint density at radius 3 is 2.56 bits per heavy atom. The van der Waals surface area contributed by atoms with Gasteiger partial charge in [-0.05, 0) is 18.1 Å². The van der Waals surface area contributed by atoms with Gasteiger partial charge in [-0.25, -0.2) is 4.31 Å². The number of benzene rings is 1. The quantitative estimate of drug-likeness (QED) is 0.698. The van der Waals surface area contributed by atoms with Crippen molar-refractivity contribution in [3.63, 3.8) is 0 Å². The van der Waals surface area contributed by atoms with E-state index in [1.165, 1.54) is 6.07 Å². The zero-order valence-electron chi connectivity index (χ0n) is 8.24. The van der Waals surface area contributed by atoms with Crippen molar-refractivity contribution < 1.29 is 28.3 Å². The minimum Gasteiger partial charge on any atom is -0.508 e. The number of phenolic OH excluding ortho intramolecular Hbond substituents is 1. The first-order chi connectivity index (χ1) is 7.41. The molecule has 6 nitrogen and oxygen atoms in total. The zero-order valence-corrected chi connectivity index (χ0v) is 10.1. The van der Waals surface area contributed by atoms with Gasteiger partial charge in [-0.3, -0.25) is 9.13 Å². The Bertz CT molecular complexity index is 432. The van der Waals surface area contributed by atoms with Crippen molar-refractivity contribution in [2.75, 3.05) is 6.16 Å². The summed E-state index contributed by atoms with van der Waals surface area (Å²) in [5, 5.41) is 9.37. The maximum absolute atomic E-state index is 11.2. The van der Waals surface area contributed by atoms with Crippen LogP contribution in [0.1, 0.15) is 5.56 Å². The highest BCUT2D eigenvalue weighted by Crippen LogP contribution is 2.50. The predicted molar refractivity (Wildman–Crippen MR) is 58.8 cm³/mol. The van der Waals surface area contributed by atoms with Gasteiger partial charge in [0.25, 0.3) is 0 Å². The molecule has 1 aromatic carbocycles. The molecule has 0 aromatic heterocycles. The standard InChI is InChI=1S/C8H12O6P2/c9-8-4-2-1-3-7(8)5-6-16(12,13)14-15(10)11/h1-4,9,15H,5-6H2,(H,10,11)(H,12,13). The molecule has 0 aliphatic rings. The summed E-state index contributed by atoms with van der Waals surface area (Å²) < 4.78 is 25.5. The number of rotatable bonds is 5. The van der Waals surface area contributed by atoms with Crippen LogP contribution in [-0.2, 0) is 19.9 Å². The molecule has 16 heavy (non-hydrogen) atoms. The van der Waals surface area contributed by atoms with Crippen molar-refractivity contribution in [2.45, 2.75) is 6.42 Å². The fourth-order valence-corrected chi connectivity index (χ4v) is 3.02. The van der Waals surface area contributed by atoms with Gasteiger partial charge in [0.15, 0.2) is 0 Å². The first kappa shape index (κ1) is 13.4. The minimum absolute atomic E-state index is 0.0131. The van der Waals surface area contributed by atoms with Crippen LogP contribution in [0, 0.1) is 0 Å². The number of aryl methyl sites for hydroxylation is 1. The van der Waals surface area contributed by atoms with E-state index < -0.39 is 15.9 Å². The van der Waals surface area contributed by atoms with E-state index in [0.717, 1.165) is 0 Å². The molecule has 8 heteroatoms. The van der Waals surface area contributed by atoms with E-state index in [9.17, 15) is 14.2 Å². The smallest absolute Gasteiger partial charge is 0.335 e. The molecule has 0 bridgehead atoms. The van der Waals surface area contributed by atoms with Gasteiger partial charge in [0.2, 0.25) is 0 Å². The molecule has 90 valence electrons. The fourth-order valence-electron chi connectivity index (χ4n) is 1.15. The molecular weight excluding hydrogens is 254 g/mol. The van der Waals surface area contributed by atoms with Gasteiger partial charge in [-0.1, -0.05) is 18.2 Å². The molecule has 1 aromatic rings. The maximum Gasteiger partial charge on any atom is 0.335 e. The molecule has 3 N–H and O–H groups in total.